The molecule has 8 heteroatoms. The van der Waals surface area contributed by atoms with Crippen LogP contribution in [0.4, 0.5) is 15.9 Å². The molecule has 0 unspecified atom stereocenters. The number of benzene rings is 1. The van der Waals surface area contributed by atoms with Gasteiger partial charge in [-0.15, -0.1) is 0 Å². The predicted octanol–water partition coefficient (Wildman–Crippen LogP) is 3.95. The zero-order chi connectivity index (χ0) is 20.3. The van der Waals surface area contributed by atoms with Gasteiger partial charge in [-0.1, -0.05) is 0 Å². The van der Waals surface area contributed by atoms with Gasteiger partial charge in [-0.2, -0.15) is 5.10 Å². The van der Waals surface area contributed by atoms with Crippen molar-refractivity contribution in [1.29, 1.82) is 0 Å². The van der Waals surface area contributed by atoms with Crippen molar-refractivity contribution in [1.82, 2.24) is 14.8 Å². The molecule has 0 saturated carbocycles. The van der Waals surface area contributed by atoms with Crippen LogP contribution in [0.1, 0.15) is 43.5 Å². The summed E-state index contributed by atoms with van der Waals surface area (Å²) in [7, 11) is 0. The Bertz CT molecular complexity index is 995. The number of nitrogens with one attached hydrogen (secondary N) is 1. The molecular formula is C20H23FN4O3. The van der Waals surface area contributed by atoms with E-state index in [1.54, 1.807) is 24.6 Å². The summed E-state index contributed by atoms with van der Waals surface area (Å²) in [6.45, 7) is 4.14. The van der Waals surface area contributed by atoms with Crippen LogP contribution in [0.25, 0.3) is 10.9 Å². The first-order chi connectivity index (χ1) is 13.2. The number of nitrogens with zero attached hydrogens (tertiary/aromatic N) is 3. The van der Waals surface area contributed by atoms with Crippen molar-refractivity contribution in [2.24, 2.45) is 0 Å². The fraction of sp³-hybridized carbons (Fsp3) is 0.350. The number of fused-ring (bicyclic) bond motifs is 1. The SMILES string of the molecule is CC(C)(O)CCCCn1nc(Nc2cnccc2C(=O)O)c2cc(F)ccc21. The number of hydrogen-bond donors (Lipinski definition) is 3. The van der Waals surface area contributed by atoms with E-state index in [0.717, 1.165) is 18.4 Å². The minimum atomic E-state index is -1.09. The summed E-state index contributed by atoms with van der Waals surface area (Å²) in [5.41, 5.74) is 0.371. The molecule has 2 aromatic heterocycles. The fourth-order valence-electron chi connectivity index (χ4n) is 3.04. The van der Waals surface area contributed by atoms with E-state index in [1.165, 1.54) is 30.6 Å². The van der Waals surface area contributed by atoms with Crippen molar-refractivity contribution in [3.05, 3.63) is 48.0 Å². The second-order valence-electron chi connectivity index (χ2n) is 7.35. The number of halogens is 1. The summed E-state index contributed by atoms with van der Waals surface area (Å²) in [5.74, 6) is -1.12. The lowest BCUT2D eigenvalue weighted by molar-refractivity contribution is 0.0675. The van der Waals surface area contributed by atoms with Gasteiger partial charge in [-0.05, 0) is 57.4 Å². The number of carboxylic acids is 1. The molecule has 3 aromatic rings. The average molecular weight is 386 g/mol. The summed E-state index contributed by atoms with van der Waals surface area (Å²) in [4.78, 5) is 15.4. The maximum absolute atomic E-state index is 13.8. The lowest BCUT2D eigenvalue weighted by Gasteiger charge is -2.16. The molecule has 148 valence electrons. The predicted molar refractivity (Wildman–Crippen MR) is 104 cm³/mol. The van der Waals surface area contributed by atoms with Crippen molar-refractivity contribution in [2.75, 3.05) is 5.32 Å². The number of carboxylic acid groups (broad SMARTS) is 1. The molecule has 0 fully saturated rings. The minimum absolute atomic E-state index is 0.0549. The Morgan fingerprint density at radius 2 is 2.07 bits per heavy atom. The van der Waals surface area contributed by atoms with Gasteiger partial charge in [0.15, 0.2) is 5.82 Å². The van der Waals surface area contributed by atoms with Gasteiger partial charge in [0, 0.05) is 18.1 Å². The average Bonchev–Trinajstić information content (AvgIpc) is 2.95. The third kappa shape index (κ3) is 4.64. The Morgan fingerprint density at radius 1 is 1.29 bits per heavy atom. The number of aliphatic hydroxyl groups is 1. The Morgan fingerprint density at radius 3 is 2.79 bits per heavy atom. The summed E-state index contributed by atoms with van der Waals surface area (Å²) in [5, 5.41) is 27.2. The lowest BCUT2D eigenvalue weighted by atomic mass is 10.0. The largest absolute Gasteiger partial charge is 0.478 e. The number of carbonyl (C=O) groups is 1. The molecule has 1 aromatic carbocycles. The minimum Gasteiger partial charge on any atom is -0.478 e. The van der Waals surface area contributed by atoms with Crippen LogP contribution in [-0.4, -0.2) is 36.5 Å². The molecule has 0 aliphatic rings. The smallest absolute Gasteiger partial charge is 0.337 e. The van der Waals surface area contributed by atoms with Crippen LogP contribution in [0.15, 0.2) is 36.7 Å². The zero-order valence-electron chi connectivity index (χ0n) is 15.8. The van der Waals surface area contributed by atoms with Crippen molar-refractivity contribution in [3.63, 3.8) is 0 Å². The molecular weight excluding hydrogens is 363 g/mol. The third-order valence-electron chi connectivity index (χ3n) is 4.43. The highest BCUT2D eigenvalue weighted by atomic mass is 19.1. The number of aromatic nitrogens is 3. The zero-order valence-corrected chi connectivity index (χ0v) is 15.8. The van der Waals surface area contributed by atoms with E-state index in [-0.39, 0.29) is 11.3 Å². The first kappa shape index (κ1) is 19.8. The molecule has 0 aliphatic carbocycles. The summed E-state index contributed by atoms with van der Waals surface area (Å²) < 4.78 is 15.6. The van der Waals surface area contributed by atoms with Crippen molar-refractivity contribution in [2.45, 2.75) is 45.3 Å². The maximum atomic E-state index is 13.8. The standard InChI is InChI=1S/C20H23FN4O3/c1-20(2,28)8-3-4-10-25-17-6-5-13(21)11-15(17)18(24-25)23-16-12-22-9-7-14(16)19(26)27/h5-7,9,11-12,28H,3-4,8,10H2,1-2H3,(H,23,24)(H,26,27). The van der Waals surface area contributed by atoms with E-state index >= 15 is 0 Å². The number of hydrogen-bond acceptors (Lipinski definition) is 5. The second kappa shape index (κ2) is 7.93. The molecule has 0 spiro atoms. The second-order valence-corrected chi connectivity index (χ2v) is 7.35. The molecule has 2 heterocycles. The summed E-state index contributed by atoms with van der Waals surface area (Å²) >= 11 is 0. The van der Waals surface area contributed by atoms with Crippen LogP contribution >= 0.6 is 0 Å². The van der Waals surface area contributed by atoms with Crippen LogP contribution in [0.2, 0.25) is 0 Å². The number of aromatic carboxylic acids is 1. The molecule has 0 amide bonds. The number of pyridine rings is 1. The third-order valence-corrected chi connectivity index (χ3v) is 4.43. The first-order valence-electron chi connectivity index (χ1n) is 9.07. The molecule has 0 bridgehead atoms. The van der Waals surface area contributed by atoms with Gasteiger partial charge < -0.3 is 15.5 Å². The van der Waals surface area contributed by atoms with E-state index in [9.17, 15) is 19.4 Å². The van der Waals surface area contributed by atoms with Gasteiger partial charge in [0.2, 0.25) is 0 Å². The molecule has 0 radical (unpaired) electrons. The van der Waals surface area contributed by atoms with Crippen LogP contribution in [0.3, 0.4) is 0 Å². The van der Waals surface area contributed by atoms with Crippen LogP contribution in [0.5, 0.6) is 0 Å². The number of aryl methyl sites for hydroxylation is 1. The monoisotopic (exact) mass is 386 g/mol. The molecule has 0 saturated heterocycles. The van der Waals surface area contributed by atoms with Crippen molar-refractivity contribution in [3.8, 4) is 0 Å². The van der Waals surface area contributed by atoms with Crippen molar-refractivity contribution >= 4 is 28.4 Å². The highest BCUT2D eigenvalue weighted by Crippen LogP contribution is 2.28. The molecule has 3 rings (SSSR count). The summed E-state index contributed by atoms with van der Waals surface area (Å²) in [6.07, 6.45) is 5.08. The van der Waals surface area contributed by atoms with Crippen LogP contribution in [-0.2, 0) is 6.54 Å². The normalized spacial score (nSPS) is 11.7. The Labute approximate surface area is 161 Å². The van der Waals surface area contributed by atoms with Crippen LogP contribution in [0, 0.1) is 5.82 Å². The van der Waals surface area contributed by atoms with E-state index in [4.69, 9.17) is 0 Å². The van der Waals surface area contributed by atoms with Crippen molar-refractivity contribution < 1.29 is 19.4 Å². The van der Waals surface area contributed by atoms with Crippen LogP contribution < -0.4 is 5.32 Å². The molecule has 3 N–H and O–H groups in total. The topological polar surface area (TPSA) is 100 Å². The Balaban J connectivity index is 1.89. The molecule has 0 aliphatic heterocycles. The van der Waals surface area contributed by atoms with E-state index in [1.807, 2.05) is 0 Å². The number of unbranched alkanes of at least 4 members (excludes halogenated alkanes) is 1. The Hall–Kier alpha value is -3.00. The number of anilines is 2. The van der Waals surface area contributed by atoms with Gasteiger partial charge in [0.25, 0.3) is 0 Å². The first-order valence-corrected chi connectivity index (χ1v) is 9.07. The highest BCUT2D eigenvalue weighted by Gasteiger charge is 2.16. The van der Waals surface area contributed by atoms with Gasteiger partial charge in [0.05, 0.1) is 28.6 Å². The lowest BCUT2D eigenvalue weighted by Crippen LogP contribution is -2.18. The highest BCUT2D eigenvalue weighted by molar-refractivity contribution is 5.97. The van der Waals surface area contributed by atoms with E-state index in [0.29, 0.717) is 24.2 Å². The van der Waals surface area contributed by atoms with Gasteiger partial charge >= 0.3 is 5.97 Å². The molecule has 7 nitrogen and oxygen atoms in total. The van der Waals surface area contributed by atoms with Gasteiger partial charge in [-0.25, -0.2) is 9.18 Å². The molecule has 28 heavy (non-hydrogen) atoms. The fourth-order valence-corrected chi connectivity index (χ4v) is 3.04. The quantitative estimate of drug-likeness (QED) is 0.507. The van der Waals surface area contributed by atoms with E-state index < -0.39 is 17.4 Å². The maximum Gasteiger partial charge on any atom is 0.337 e. The van der Waals surface area contributed by atoms with E-state index in [2.05, 4.69) is 15.4 Å². The molecule has 0 atom stereocenters. The Kier molecular flexibility index (Phi) is 5.60. The summed E-state index contributed by atoms with van der Waals surface area (Å²) in [6, 6.07) is 5.78. The van der Waals surface area contributed by atoms with Gasteiger partial charge in [-0.3, -0.25) is 9.67 Å². The van der Waals surface area contributed by atoms with Gasteiger partial charge in [0.1, 0.15) is 5.82 Å². The number of rotatable bonds is 8.